The van der Waals surface area contributed by atoms with Crippen molar-refractivity contribution in [3.05, 3.63) is 42.1 Å². The number of hydrogen-bond acceptors (Lipinski definition) is 3. The molecule has 0 atom stereocenters. The molecule has 3 heteroatoms. The van der Waals surface area contributed by atoms with Crippen LogP contribution in [0.5, 0.6) is 0 Å². The number of hydrogen-bond donors (Lipinski definition) is 1. The van der Waals surface area contributed by atoms with Crippen LogP contribution >= 0.6 is 0 Å². The average molecular weight is 185 g/mol. The lowest BCUT2D eigenvalue weighted by atomic mass is 10.2. The van der Waals surface area contributed by atoms with Crippen molar-refractivity contribution in [3.8, 4) is 11.4 Å². The summed E-state index contributed by atoms with van der Waals surface area (Å²) in [7, 11) is 0. The molecule has 0 radical (unpaired) electrons. The van der Waals surface area contributed by atoms with Crippen LogP contribution in [0.1, 0.15) is 5.56 Å². The molecule has 0 amide bonds. The molecule has 1 aromatic carbocycles. The molecular weight excluding hydrogens is 174 g/mol. The zero-order chi connectivity index (χ0) is 9.97. The normalized spacial score (nSPS) is 10.1. The van der Waals surface area contributed by atoms with Gasteiger partial charge in [-0.15, -0.1) is 0 Å². The first-order chi connectivity index (χ1) is 6.77. The molecule has 0 unspecified atom stereocenters. The highest BCUT2D eigenvalue weighted by Gasteiger charge is 2.01. The van der Waals surface area contributed by atoms with Crippen molar-refractivity contribution in [3.63, 3.8) is 0 Å². The first-order valence-electron chi connectivity index (χ1n) is 4.42. The van der Waals surface area contributed by atoms with Crippen LogP contribution in [-0.2, 0) is 0 Å². The topological polar surface area (TPSA) is 51.8 Å². The van der Waals surface area contributed by atoms with Gasteiger partial charge in [0, 0.05) is 17.3 Å². The van der Waals surface area contributed by atoms with E-state index in [4.69, 9.17) is 5.73 Å². The van der Waals surface area contributed by atoms with Crippen LogP contribution < -0.4 is 5.73 Å². The Labute approximate surface area is 82.6 Å². The Balaban J connectivity index is 2.48. The fourth-order valence-electron chi connectivity index (χ4n) is 1.18. The van der Waals surface area contributed by atoms with Crippen molar-refractivity contribution in [2.24, 2.45) is 0 Å². The van der Waals surface area contributed by atoms with Crippen LogP contribution in [0.25, 0.3) is 11.4 Å². The molecule has 2 rings (SSSR count). The Morgan fingerprint density at radius 2 is 1.86 bits per heavy atom. The van der Waals surface area contributed by atoms with Crippen LogP contribution in [0.2, 0.25) is 0 Å². The van der Waals surface area contributed by atoms with Crippen LogP contribution in [0.4, 0.5) is 5.82 Å². The van der Waals surface area contributed by atoms with E-state index in [-0.39, 0.29) is 0 Å². The molecular formula is C11H11N3. The third kappa shape index (κ3) is 1.57. The van der Waals surface area contributed by atoms with Gasteiger partial charge in [0.15, 0.2) is 5.82 Å². The fraction of sp³-hybridized carbons (Fsp3) is 0.0909. The molecule has 2 N–H and O–H groups in total. The molecule has 0 aliphatic rings. The fourth-order valence-corrected chi connectivity index (χ4v) is 1.18. The lowest BCUT2D eigenvalue weighted by molar-refractivity contribution is 1.15. The molecule has 3 nitrogen and oxygen atoms in total. The molecule has 0 fully saturated rings. The second-order valence-corrected chi connectivity index (χ2v) is 3.13. The van der Waals surface area contributed by atoms with E-state index in [2.05, 4.69) is 9.97 Å². The second kappa shape index (κ2) is 3.46. The second-order valence-electron chi connectivity index (χ2n) is 3.13. The van der Waals surface area contributed by atoms with Crippen molar-refractivity contribution in [2.75, 3.05) is 5.73 Å². The van der Waals surface area contributed by atoms with E-state index in [1.807, 2.05) is 37.3 Å². The monoisotopic (exact) mass is 185 g/mol. The maximum absolute atomic E-state index is 5.71. The number of nitrogens with zero attached hydrogens (tertiary/aromatic N) is 2. The molecule has 2 aromatic rings. The molecule has 14 heavy (non-hydrogen) atoms. The third-order valence-corrected chi connectivity index (χ3v) is 2.04. The lowest BCUT2D eigenvalue weighted by Crippen LogP contribution is -1.97. The van der Waals surface area contributed by atoms with Crippen LogP contribution in [0.15, 0.2) is 36.5 Å². The number of anilines is 1. The predicted molar refractivity (Wildman–Crippen MR) is 56.6 cm³/mol. The van der Waals surface area contributed by atoms with Gasteiger partial charge in [0.2, 0.25) is 0 Å². The Bertz CT molecular complexity index is 438. The van der Waals surface area contributed by atoms with Crippen molar-refractivity contribution in [1.82, 2.24) is 9.97 Å². The standard InChI is InChI=1S/C11H11N3/c1-8-7-13-11(14-10(8)12)9-5-3-2-4-6-9/h2-7H,1H3,(H2,12,13,14). The Morgan fingerprint density at radius 3 is 2.50 bits per heavy atom. The van der Waals surface area contributed by atoms with Gasteiger partial charge in [0.25, 0.3) is 0 Å². The van der Waals surface area contributed by atoms with Crippen LogP contribution in [0, 0.1) is 6.92 Å². The predicted octanol–water partition coefficient (Wildman–Crippen LogP) is 2.03. The van der Waals surface area contributed by atoms with Crippen molar-refractivity contribution in [1.29, 1.82) is 0 Å². The highest BCUT2D eigenvalue weighted by atomic mass is 14.9. The molecule has 0 saturated heterocycles. The molecule has 0 aliphatic carbocycles. The van der Waals surface area contributed by atoms with E-state index >= 15 is 0 Å². The first-order valence-corrected chi connectivity index (χ1v) is 4.42. The van der Waals surface area contributed by atoms with Gasteiger partial charge in [0.05, 0.1) is 0 Å². The minimum Gasteiger partial charge on any atom is -0.383 e. The SMILES string of the molecule is Cc1cnc(-c2ccccc2)nc1N. The number of aryl methyl sites for hydroxylation is 1. The molecule has 0 spiro atoms. The summed E-state index contributed by atoms with van der Waals surface area (Å²) in [5.41, 5.74) is 7.60. The molecule has 1 aromatic heterocycles. The maximum atomic E-state index is 5.71. The maximum Gasteiger partial charge on any atom is 0.161 e. The molecule has 0 aliphatic heterocycles. The van der Waals surface area contributed by atoms with Crippen LogP contribution in [0.3, 0.4) is 0 Å². The zero-order valence-electron chi connectivity index (χ0n) is 7.94. The van der Waals surface area contributed by atoms with Gasteiger partial charge < -0.3 is 5.73 Å². The number of aromatic nitrogens is 2. The van der Waals surface area contributed by atoms with E-state index in [1.165, 1.54) is 0 Å². The van der Waals surface area contributed by atoms with Gasteiger partial charge in [-0.25, -0.2) is 9.97 Å². The first kappa shape index (κ1) is 8.69. The van der Waals surface area contributed by atoms with E-state index in [1.54, 1.807) is 6.20 Å². The number of nitrogens with two attached hydrogens (primary N) is 1. The average Bonchev–Trinajstić information content (AvgIpc) is 2.23. The summed E-state index contributed by atoms with van der Waals surface area (Å²) < 4.78 is 0. The van der Waals surface area contributed by atoms with Gasteiger partial charge in [0.1, 0.15) is 5.82 Å². The Morgan fingerprint density at radius 1 is 1.14 bits per heavy atom. The Hall–Kier alpha value is -1.90. The summed E-state index contributed by atoms with van der Waals surface area (Å²) in [4.78, 5) is 8.43. The van der Waals surface area contributed by atoms with Crippen LogP contribution in [-0.4, -0.2) is 9.97 Å². The van der Waals surface area contributed by atoms with Gasteiger partial charge >= 0.3 is 0 Å². The minimum absolute atomic E-state index is 0.541. The molecule has 70 valence electrons. The van der Waals surface area contributed by atoms with Gasteiger partial charge in [-0.05, 0) is 6.92 Å². The molecule has 1 heterocycles. The summed E-state index contributed by atoms with van der Waals surface area (Å²) >= 11 is 0. The van der Waals surface area contributed by atoms with E-state index in [9.17, 15) is 0 Å². The van der Waals surface area contributed by atoms with Crippen molar-refractivity contribution in [2.45, 2.75) is 6.92 Å². The summed E-state index contributed by atoms with van der Waals surface area (Å²) in [5, 5.41) is 0. The van der Waals surface area contributed by atoms with E-state index in [0.717, 1.165) is 11.1 Å². The highest BCUT2D eigenvalue weighted by Crippen LogP contribution is 2.16. The quantitative estimate of drug-likeness (QED) is 0.739. The lowest BCUT2D eigenvalue weighted by Gasteiger charge is -2.02. The summed E-state index contributed by atoms with van der Waals surface area (Å²) in [5.74, 6) is 1.22. The summed E-state index contributed by atoms with van der Waals surface area (Å²) in [6.07, 6.45) is 1.74. The largest absolute Gasteiger partial charge is 0.383 e. The molecule has 0 bridgehead atoms. The van der Waals surface area contributed by atoms with Crippen molar-refractivity contribution >= 4 is 5.82 Å². The minimum atomic E-state index is 0.541. The number of rotatable bonds is 1. The smallest absolute Gasteiger partial charge is 0.161 e. The number of nitrogen functional groups attached to an aromatic ring is 1. The van der Waals surface area contributed by atoms with Gasteiger partial charge in [-0.1, -0.05) is 30.3 Å². The summed E-state index contributed by atoms with van der Waals surface area (Å²) in [6, 6.07) is 9.79. The summed E-state index contributed by atoms with van der Waals surface area (Å²) in [6.45, 7) is 1.89. The van der Waals surface area contributed by atoms with Gasteiger partial charge in [-0.3, -0.25) is 0 Å². The van der Waals surface area contributed by atoms with Crippen molar-refractivity contribution < 1.29 is 0 Å². The molecule has 0 saturated carbocycles. The zero-order valence-corrected chi connectivity index (χ0v) is 7.94. The van der Waals surface area contributed by atoms with E-state index < -0.39 is 0 Å². The van der Waals surface area contributed by atoms with E-state index in [0.29, 0.717) is 11.6 Å². The third-order valence-electron chi connectivity index (χ3n) is 2.04. The highest BCUT2D eigenvalue weighted by molar-refractivity contribution is 5.57. The van der Waals surface area contributed by atoms with Gasteiger partial charge in [-0.2, -0.15) is 0 Å². The Kier molecular flexibility index (Phi) is 2.14. The number of benzene rings is 1.